The number of carbonyl (C=O) groups is 3. The number of likely N-dealkylation sites (tertiary alicyclic amines) is 1. The van der Waals surface area contributed by atoms with Gasteiger partial charge in [0.2, 0.25) is 11.8 Å². The van der Waals surface area contributed by atoms with Crippen molar-refractivity contribution in [1.29, 1.82) is 0 Å². The zero-order valence-electron chi connectivity index (χ0n) is 26.5. The number of esters is 1. The number of ether oxygens (including phenoxy) is 2. The van der Waals surface area contributed by atoms with E-state index in [0.717, 1.165) is 25.7 Å². The maximum atomic E-state index is 14.8. The number of aliphatic hydroxyl groups is 1. The number of rotatable bonds is 15. The van der Waals surface area contributed by atoms with Crippen molar-refractivity contribution in [1.82, 2.24) is 9.80 Å². The minimum Gasteiger partial charge on any atom is -0.465 e. The Morgan fingerprint density at radius 3 is 2.41 bits per heavy atom. The second kappa shape index (κ2) is 12.6. The molecule has 3 fully saturated rings. The number of fused-ring (bicyclic) bond motifs is 1. The molecule has 6 atom stereocenters. The van der Waals surface area contributed by atoms with Crippen LogP contribution in [0.1, 0.15) is 93.4 Å². The van der Waals surface area contributed by atoms with Gasteiger partial charge >= 0.3 is 5.97 Å². The Labute approximate surface area is 247 Å². The van der Waals surface area contributed by atoms with Crippen LogP contribution in [0.4, 0.5) is 0 Å². The van der Waals surface area contributed by atoms with E-state index in [2.05, 4.69) is 47.8 Å². The molecule has 0 saturated carbocycles. The molecule has 0 aliphatic carbocycles. The van der Waals surface area contributed by atoms with Gasteiger partial charge in [-0.15, -0.1) is 13.2 Å². The molecule has 0 radical (unpaired) electrons. The fourth-order valence-corrected chi connectivity index (χ4v) is 7.97. The van der Waals surface area contributed by atoms with Crippen LogP contribution in [0.3, 0.4) is 0 Å². The van der Waals surface area contributed by atoms with E-state index >= 15 is 0 Å². The number of aliphatic hydroxyl groups excluding tert-OH is 1. The first-order valence-electron chi connectivity index (χ1n) is 15.4. The molecule has 3 rings (SSSR count). The van der Waals surface area contributed by atoms with Gasteiger partial charge in [-0.25, -0.2) is 0 Å². The van der Waals surface area contributed by atoms with Gasteiger partial charge in [-0.3, -0.25) is 14.4 Å². The smallest absolute Gasteiger partial charge is 0.312 e. The summed E-state index contributed by atoms with van der Waals surface area (Å²) in [5.41, 5.74) is -2.58. The third-order valence-electron chi connectivity index (χ3n) is 9.43. The van der Waals surface area contributed by atoms with E-state index in [0.29, 0.717) is 32.4 Å². The largest absolute Gasteiger partial charge is 0.465 e. The minimum absolute atomic E-state index is 0.00281. The van der Waals surface area contributed by atoms with Crippen LogP contribution in [0.15, 0.2) is 25.3 Å². The quantitative estimate of drug-likeness (QED) is 0.170. The lowest BCUT2D eigenvalue weighted by Crippen LogP contribution is -2.61. The number of nitrogens with zero attached hydrogens (tertiary/aromatic N) is 2. The number of carbonyl (C=O) groups excluding carboxylic acids is 3. The maximum Gasteiger partial charge on any atom is 0.312 e. The highest BCUT2D eigenvalue weighted by Gasteiger charge is 2.80. The van der Waals surface area contributed by atoms with Crippen molar-refractivity contribution < 1.29 is 29.0 Å². The number of allylic oxidation sites excluding steroid dienone is 1. The summed E-state index contributed by atoms with van der Waals surface area (Å²) in [5.74, 6) is -2.44. The molecule has 0 aromatic rings. The molecule has 3 unspecified atom stereocenters. The van der Waals surface area contributed by atoms with Crippen LogP contribution in [-0.4, -0.2) is 81.8 Å². The molecular formula is C33H54N2O6. The van der Waals surface area contributed by atoms with Gasteiger partial charge in [0.25, 0.3) is 0 Å². The van der Waals surface area contributed by atoms with Crippen LogP contribution in [-0.2, 0) is 23.9 Å². The lowest BCUT2D eigenvalue weighted by atomic mass is 9.62. The molecule has 3 heterocycles. The van der Waals surface area contributed by atoms with E-state index in [1.54, 1.807) is 11.0 Å². The van der Waals surface area contributed by atoms with Crippen molar-refractivity contribution in [2.75, 3.05) is 26.3 Å². The van der Waals surface area contributed by atoms with Crippen LogP contribution >= 0.6 is 0 Å². The first kappa shape index (κ1) is 33.3. The van der Waals surface area contributed by atoms with E-state index in [4.69, 9.17) is 9.47 Å². The molecule has 0 aromatic heterocycles. The molecule has 2 bridgehead atoms. The summed E-state index contributed by atoms with van der Waals surface area (Å²) >= 11 is 0. The van der Waals surface area contributed by atoms with Crippen LogP contribution in [0, 0.1) is 23.2 Å². The molecule has 3 saturated heterocycles. The Bertz CT molecular complexity index is 1000. The third kappa shape index (κ3) is 6.29. The first-order valence-corrected chi connectivity index (χ1v) is 15.4. The van der Waals surface area contributed by atoms with Crippen molar-refractivity contribution >= 4 is 17.8 Å². The molecule has 3 aliphatic heterocycles. The van der Waals surface area contributed by atoms with E-state index < -0.39 is 40.6 Å². The van der Waals surface area contributed by atoms with Crippen molar-refractivity contribution in [3.05, 3.63) is 25.3 Å². The Balaban J connectivity index is 2.04. The van der Waals surface area contributed by atoms with Crippen LogP contribution in [0.2, 0.25) is 0 Å². The molecule has 3 aliphatic rings. The van der Waals surface area contributed by atoms with Crippen molar-refractivity contribution in [2.24, 2.45) is 23.2 Å². The Kier molecular flexibility index (Phi) is 10.2. The SMILES string of the molecule is C=CCCCCOC(=O)[C@@H]1[C@H]2C(=O)N(CCCCO)C(C(=O)N(CC=C)C(C)(C)CC(C)(C)C)C23CC(C)[C@@]1(C)O3. The first-order chi connectivity index (χ1) is 19.1. The number of hydrogen-bond donors (Lipinski definition) is 1. The summed E-state index contributed by atoms with van der Waals surface area (Å²) in [7, 11) is 0. The highest BCUT2D eigenvalue weighted by Crippen LogP contribution is 2.65. The number of amides is 2. The summed E-state index contributed by atoms with van der Waals surface area (Å²) in [6.07, 6.45) is 8.33. The average Bonchev–Trinajstić information content (AvgIpc) is 3.37. The molecule has 1 spiro atoms. The van der Waals surface area contributed by atoms with Gasteiger partial charge in [0.1, 0.15) is 17.6 Å². The topological polar surface area (TPSA) is 96.4 Å². The second-order valence-electron chi connectivity index (χ2n) is 14.4. The summed E-state index contributed by atoms with van der Waals surface area (Å²) in [6.45, 7) is 23.1. The summed E-state index contributed by atoms with van der Waals surface area (Å²) < 4.78 is 12.6. The second-order valence-corrected chi connectivity index (χ2v) is 14.4. The standard InChI is InChI=1S/C33H54N2O6/c1-10-12-13-16-20-40-29(39)25-24-27(37)34(18-14-15-19-36)26(33(24)21-23(3)32(25,9)41-33)28(38)35(17-11-2)31(7,8)22-30(4,5)6/h10-11,23-26,36H,1-2,12-22H2,3-9H3/t23?,24-,25-,26?,32+,33?/m0/s1. The van der Waals surface area contributed by atoms with E-state index in [-0.39, 0.29) is 36.4 Å². The molecule has 232 valence electrons. The van der Waals surface area contributed by atoms with Crippen LogP contribution < -0.4 is 0 Å². The van der Waals surface area contributed by atoms with Gasteiger partial charge < -0.3 is 24.4 Å². The minimum atomic E-state index is -1.12. The molecule has 8 heteroatoms. The monoisotopic (exact) mass is 574 g/mol. The zero-order chi connectivity index (χ0) is 30.8. The molecule has 1 N–H and O–H groups in total. The number of unbranched alkanes of at least 4 members (excludes halogenated alkanes) is 3. The van der Waals surface area contributed by atoms with E-state index in [1.165, 1.54) is 0 Å². The predicted molar refractivity (Wildman–Crippen MR) is 160 cm³/mol. The Morgan fingerprint density at radius 1 is 1.15 bits per heavy atom. The Morgan fingerprint density at radius 2 is 1.83 bits per heavy atom. The van der Waals surface area contributed by atoms with Crippen molar-refractivity contribution in [2.45, 2.75) is 116 Å². The molecule has 0 aromatic carbocycles. The molecule has 8 nitrogen and oxygen atoms in total. The van der Waals surface area contributed by atoms with Gasteiger partial charge in [-0.05, 0) is 77.0 Å². The third-order valence-corrected chi connectivity index (χ3v) is 9.43. The zero-order valence-corrected chi connectivity index (χ0v) is 26.5. The van der Waals surface area contributed by atoms with Gasteiger partial charge in [0.15, 0.2) is 0 Å². The van der Waals surface area contributed by atoms with Gasteiger partial charge in [0, 0.05) is 25.2 Å². The molecular weight excluding hydrogens is 520 g/mol. The van der Waals surface area contributed by atoms with Gasteiger partial charge in [-0.2, -0.15) is 0 Å². The summed E-state index contributed by atoms with van der Waals surface area (Å²) in [5, 5.41) is 9.46. The lowest BCUT2D eigenvalue weighted by Gasteiger charge is -2.45. The highest BCUT2D eigenvalue weighted by atomic mass is 16.6. The highest BCUT2D eigenvalue weighted by molar-refractivity contribution is 5.98. The van der Waals surface area contributed by atoms with Crippen LogP contribution in [0.5, 0.6) is 0 Å². The summed E-state index contributed by atoms with van der Waals surface area (Å²) in [6, 6.07) is -0.868. The van der Waals surface area contributed by atoms with Crippen LogP contribution in [0.25, 0.3) is 0 Å². The van der Waals surface area contributed by atoms with Crippen molar-refractivity contribution in [3.63, 3.8) is 0 Å². The molecule has 2 amide bonds. The van der Waals surface area contributed by atoms with E-state index in [9.17, 15) is 19.5 Å². The summed E-state index contributed by atoms with van der Waals surface area (Å²) in [4.78, 5) is 46.2. The van der Waals surface area contributed by atoms with Gasteiger partial charge in [-0.1, -0.05) is 39.8 Å². The maximum absolute atomic E-state index is 14.8. The van der Waals surface area contributed by atoms with Crippen molar-refractivity contribution in [3.8, 4) is 0 Å². The fraction of sp³-hybridized carbons (Fsp3) is 0.788. The lowest BCUT2D eigenvalue weighted by molar-refractivity contribution is -0.163. The number of hydrogen-bond acceptors (Lipinski definition) is 6. The fourth-order valence-electron chi connectivity index (χ4n) is 7.97. The normalized spacial score (nSPS) is 30.8. The Hall–Kier alpha value is -2.19. The molecule has 41 heavy (non-hydrogen) atoms. The van der Waals surface area contributed by atoms with Gasteiger partial charge in [0.05, 0.1) is 18.1 Å². The predicted octanol–water partition coefficient (Wildman–Crippen LogP) is 4.90. The van der Waals surface area contributed by atoms with E-state index in [1.807, 2.05) is 24.8 Å². The average molecular weight is 575 g/mol.